The quantitative estimate of drug-likeness (QED) is 0.152. The van der Waals surface area contributed by atoms with Crippen LogP contribution >= 0.6 is 0 Å². The molecule has 0 N–H and O–H groups in total. The number of furan rings is 2. The molecule has 0 saturated heterocycles. The fourth-order valence-corrected chi connectivity index (χ4v) is 12.8. The lowest BCUT2D eigenvalue weighted by atomic mass is 9.89. The molecule has 0 amide bonds. The summed E-state index contributed by atoms with van der Waals surface area (Å²) in [5.74, 6) is 0.572. The van der Waals surface area contributed by atoms with Crippen LogP contribution in [-0.2, 0) is 0 Å². The lowest BCUT2D eigenvalue weighted by molar-refractivity contribution is 0.668. The summed E-state index contributed by atoms with van der Waals surface area (Å²) < 4.78 is 17.2. The minimum Gasteiger partial charge on any atom is -0.456 e. The van der Waals surface area contributed by atoms with E-state index in [-0.39, 0.29) is 0 Å². The summed E-state index contributed by atoms with van der Waals surface area (Å²) in [5.41, 5.74) is 21.2. The Morgan fingerprint density at radius 2 is 0.671 bits per heavy atom. The van der Waals surface area contributed by atoms with Gasteiger partial charge in [0.15, 0.2) is 0 Å². The zero-order chi connectivity index (χ0) is 53.8. The summed E-state index contributed by atoms with van der Waals surface area (Å²) in [6.45, 7) is 0. The van der Waals surface area contributed by atoms with Crippen molar-refractivity contribution in [3.8, 4) is 78.7 Å². The van der Waals surface area contributed by atoms with Gasteiger partial charge in [0.2, 0.25) is 5.95 Å². The van der Waals surface area contributed by atoms with Gasteiger partial charge < -0.3 is 13.4 Å². The largest absolute Gasteiger partial charge is 0.456 e. The smallest absolute Gasteiger partial charge is 0.235 e. The second-order valence-electron chi connectivity index (χ2n) is 21.2. The number of rotatable bonds is 8. The van der Waals surface area contributed by atoms with E-state index in [1.165, 1.54) is 10.8 Å². The Morgan fingerprint density at radius 1 is 0.244 bits per heavy atom. The lowest BCUT2D eigenvalue weighted by Gasteiger charge is -2.18. The molecule has 0 radical (unpaired) electrons. The summed E-state index contributed by atoms with van der Waals surface area (Å²) in [7, 11) is 0. The van der Waals surface area contributed by atoms with Crippen LogP contribution in [0.3, 0.4) is 0 Å². The van der Waals surface area contributed by atoms with Gasteiger partial charge in [-0.2, -0.15) is 0 Å². The topological polar surface area (TPSA) is 61.9 Å². The minimum atomic E-state index is 0.572. The van der Waals surface area contributed by atoms with Gasteiger partial charge >= 0.3 is 0 Å². The maximum Gasteiger partial charge on any atom is 0.235 e. The van der Waals surface area contributed by atoms with Crippen molar-refractivity contribution >= 4 is 87.5 Å². The SMILES string of the molecule is c1ccc(-c2cccc(-c3ccccc3)c2-c2cc(-c3cccc(-n4c5ccccc5c5ccc(-c6ccc7oc8ccccc8c7c6)cc54)c3)nc(-n3c4ccccc4c4ccc(-c5ccc6oc7ccccc7c6c5)cc43)n2)cc1. The van der Waals surface area contributed by atoms with Crippen LogP contribution in [0.15, 0.2) is 288 Å². The molecule has 0 aliphatic heterocycles. The maximum absolute atomic E-state index is 6.28. The van der Waals surface area contributed by atoms with Crippen LogP contribution in [0.2, 0.25) is 0 Å². The molecule has 0 atom stereocenters. The van der Waals surface area contributed by atoms with E-state index in [1.807, 2.05) is 24.3 Å². The number of fused-ring (bicyclic) bond motifs is 12. The Labute approximate surface area is 470 Å². The zero-order valence-corrected chi connectivity index (χ0v) is 44.2. The normalized spacial score (nSPS) is 11.9. The summed E-state index contributed by atoms with van der Waals surface area (Å²) >= 11 is 0. The van der Waals surface area contributed by atoms with Crippen molar-refractivity contribution in [2.75, 3.05) is 0 Å². The van der Waals surface area contributed by atoms with Crippen molar-refractivity contribution in [1.82, 2.24) is 19.1 Å². The first-order valence-electron chi connectivity index (χ1n) is 27.8. The molecule has 5 heterocycles. The van der Waals surface area contributed by atoms with Crippen molar-refractivity contribution < 1.29 is 8.83 Å². The highest BCUT2D eigenvalue weighted by Gasteiger charge is 2.23. The highest BCUT2D eigenvalue weighted by Crippen LogP contribution is 2.44. The highest BCUT2D eigenvalue weighted by atomic mass is 16.3. The van der Waals surface area contributed by atoms with Crippen LogP contribution in [0.5, 0.6) is 0 Å². The Bertz CT molecular complexity index is 5350. The fourth-order valence-electron chi connectivity index (χ4n) is 12.8. The summed E-state index contributed by atoms with van der Waals surface area (Å²) in [6, 6.07) is 99.5. The van der Waals surface area contributed by atoms with E-state index in [2.05, 4.69) is 264 Å². The molecule has 6 heteroatoms. The molecule has 0 saturated carbocycles. The lowest BCUT2D eigenvalue weighted by Crippen LogP contribution is -2.05. The second kappa shape index (κ2) is 18.2. The van der Waals surface area contributed by atoms with E-state index in [1.54, 1.807) is 0 Å². The van der Waals surface area contributed by atoms with Crippen molar-refractivity contribution in [3.05, 3.63) is 279 Å². The number of nitrogens with zero attached hydrogens (tertiary/aromatic N) is 4. The van der Waals surface area contributed by atoms with Gasteiger partial charge in [-0.1, -0.05) is 200 Å². The summed E-state index contributed by atoms with van der Waals surface area (Å²) in [5, 5.41) is 9.01. The second-order valence-corrected chi connectivity index (χ2v) is 21.2. The Morgan fingerprint density at radius 3 is 1.26 bits per heavy atom. The molecule has 5 aromatic heterocycles. The van der Waals surface area contributed by atoms with Crippen molar-refractivity contribution in [2.24, 2.45) is 0 Å². The fraction of sp³-hybridized carbons (Fsp3) is 0. The Hall–Kier alpha value is -11.1. The molecule has 0 spiro atoms. The van der Waals surface area contributed by atoms with Crippen LogP contribution in [-0.4, -0.2) is 19.1 Å². The molecular weight excluding hydrogens is 1000 g/mol. The number of aromatic nitrogens is 4. The van der Waals surface area contributed by atoms with Crippen LogP contribution in [0, 0.1) is 0 Å². The first-order valence-corrected chi connectivity index (χ1v) is 27.8. The van der Waals surface area contributed by atoms with Crippen molar-refractivity contribution in [1.29, 1.82) is 0 Å². The maximum atomic E-state index is 6.28. The molecule has 382 valence electrons. The number of para-hydroxylation sites is 4. The molecule has 0 unspecified atom stereocenters. The predicted molar refractivity (Wildman–Crippen MR) is 338 cm³/mol. The molecule has 82 heavy (non-hydrogen) atoms. The van der Waals surface area contributed by atoms with Gasteiger partial charge in [0, 0.05) is 59.9 Å². The third kappa shape index (κ3) is 7.28. The Balaban J connectivity index is 0.898. The standard InChI is InChI=1S/C76H46N4O2/c1-3-17-47(18-4-1)55-27-16-28-56(48-19-5-2-6-20-48)75(55)66-46-65(77-76(78-66)80-68-30-12-8-24-58(68)60-38-34-52(45-70(60)80)50-36-40-74-64(43-50)62-26-10-14-32-72(62)82-74)53-21-15-22-54(41-53)79-67-29-11-7-23-57(67)59-37-33-51(44-69(59)79)49-35-39-73-63(42-49)61-25-9-13-31-71(61)81-73/h1-46H. The third-order valence-electron chi connectivity index (χ3n) is 16.6. The van der Waals surface area contributed by atoms with Crippen LogP contribution in [0.25, 0.3) is 166 Å². The number of hydrogen-bond donors (Lipinski definition) is 0. The average molecular weight is 1050 g/mol. The van der Waals surface area contributed by atoms with Gasteiger partial charge in [-0.3, -0.25) is 4.57 Å². The Kier molecular flexibility index (Phi) is 10.2. The monoisotopic (exact) mass is 1050 g/mol. The highest BCUT2D eigenvalue weighted by molar-refractivity contribution is 6.13. The molecule has 12 aromatic carbocycles. The van der Waals surface area contributed by atoms with E-state index in [0.29, 0.717) is 5.95 Å². The van der Waals surface area contributed by atoms with Gasteiger partial charge in [0.05, 0.1) is 33.5 Å². The molecule has 17 aromatic rings. The van der Waals surface area contributed by atoms with Crippen molar-refractivity contribution in [2.45, 2.75) is 0 Å². The van der Waals surface area contributed by atoms with Gasteiger partial charge in [0.25, 0.3) is 0 Å². The van der Waals surface area contributed by atoms with E-state index < -0.39 is 0 Å². The van der Waals surface area contributed by atoms with E-state index in [4.69, 9.17) is 18.8 Å². The summed E-state index contributed by atoms with van der Waals surface area (Å²) in [4.78, 5) is 11.5. The molecule has 0 aliphatic carbocycles. The first-order chi connectivity index (χ1) is 40.6. The summed E-state index contributed by atoms with van der Waals surface area (Å²) in [6.07, 6.45) is 0. The van der Waals surface area contributed by atoms with E-state index in [0.717, 1.165) is 149 Å². The van der Waals surface area contributed by atoms with Gasteiger partial charge in [-0.25, -0.2) is 9.97 Å². The van der Waals surface area contributed by atoms with E-state index >= 15 is 0 Å². The molecule has 0 bridgehead atoms. The van der Waals surface area contributed by atoms with Gasteiger partial charge in [-0.05, 0) is 123 Å². The van der Waals surface area contributed by atoms with Gasteiger partial charge in [-0.15, -0.1) is 0 Å². The third-order valence-corrected chi connectivity index (χ3v) is 16.6. The van der Waals surface area contributed by atoms with Crippen LogP contribution < -0.4 is 0 Å². The minimum absolute atomic E-state index is 0.572. The molecule has 17 rings (SSSR count). The number of hydrogen-bond acceptors (Lipinski definition) is 4. The first kappa shape index (κ1) is 45.9. The van der Waals surface area contributed by atoms with Gasteiger partial charge in [0.1, 0.15) is 22.3 Å². The van der Waals surface area contributed by atoms with Crippen LogP contribution in [0.1, 0.15) is 0 Å². The zero-order valence-electron chi connectivity index (χ0n) is 44.2. The molecular formula is C76H46N4O2. The van der Waals surface area contributed by atoms with Crippen LogP contribution in [0.4, 0.5) is 0 Å². The molecule has 0 aliphatic rings. The van der Waals surface area contributed by atoms with Crippen molar-refractivity contribution in [3.63, 3.8) is 0 Å². The number of benzene rings is 12. The predicted octanol–water partition coefficient (Wildman–Crippen LogP) is 20.5. The molecule has 6 nitrogen and oxygen atoms in total. The molecule has 0 fully saturated rings. The average Bonchev–Trinajstić information content (AvgIpc) is 3.16. The van der Waals surface area contributed by atoms with E-state index in [9.17, 15) is 0 Å².